The van der Waals surface area contributed by atoms with Gasteiger partial charge in [0.15, 0.2) is 11.6 Å². The van der Waals surface area contributed by atoms with Crippen LogP contribution >= 0.6 is 0 Å². The number of Topliss-reactive ketones (excluding diaryl/α,β-unsaturated/α-hetero) is 2. The van der Waals surface area contributed by atoms with E-state index in [2.05, 4.69) is 0 Å². The predicted octanol–water partition coefficient (Wildman–Crippen LogP) is 5.07. The number of hydrogen-bond acceptors (Lipinski definition) is 5. The quantitative estimate of drug-likeness (QED) is 0.462. The summed E-state index contributed by atoms with van der Waals surface area (Å²) in [5.74, 6) is -1.11. The Labute approximate surface area is 178 Å². The van der Waals surface area contributed by atoms with Gasteiger partial charge in [-0.05, 0) is 32.0 Å². The fourth-order valence-electron chi connectivity index (χ4n) is 3.32. The van der Waals surface area contributed by atoms with Gasteiger partial charge in [-0.15, -0.1) is 0 Å². The number of carboxylic acid groups (broad SMARTS) is 1. The maximum atomic E-state index is 11.6. The van der Waals surface area contributed by atoms with Crippen LogP contribution in [0.4, 0.5) is 0 Å². The lowest BCUT2D eigenvalue weighted by molar-refractivity contribution is 0.0696. The maximum absolute atomic E-state index is 11.6. The second kappa shape index (κ2) is 7.91. The van der Waals surface area contributed by atoms with Crippen molar-refractivity contribution >= 4 is 28.6 Å². The number of nitrogens with zero attached hydrogens (tertiary/aromatic N) is 2. The number of carbonyl (C=O) groups excluding carboxylic acids is 2. The summed E-state index contributed by atoms with van der Waals surface area (Å²) in [6.45, 7) is 3.01. The second-order valence-electron chi connectivity index (χ2n) is 7.20. The summed E-state index contributed by atoms with van der Waals surface area (Å²) >= 11 is 0. The summed E-state index contributed by atoms with van der Waals surface area (Å²) in [4.78, 5) is 44.1. The average molecular weight is 410 g/mol. The Hall–Kier alpha value is -4.19. The minimum Gasteiger partial charge on any atom is -0.478 e. The molecular formula is C25H18N2O4. The number of fused-ring (bicyclic) bond motifs is 1. The summed E-state index contributed by atoms with van der Waals surface area (Å²) < 4.78 is 0. The Kier molecular flexibility index (Phi) is 5.13. The first kappa shape index (κ1) is 20.1. The Balaban J connectivity index is 1.94. The zero-order chi connectivity index (χ0) is 22.1. The first-order valence-electron chi connectivity index (χ1n) is 9.61. The molecule has 0 saturated carbocycles. The van der Waals surface area contributed by atoms with Gasteiger partial charge in [-0.3, -0.25) is 9.59 Å². The number of aromatic carboxylic acids is 1. The highest BCUT2D eigenvalue weighted by atomic mass is 16.4. The van der Waals surface area contributed by atoms with E-state index in [0.29, 0.717) is 33.5 Å². The van der Waals surface area contributed by atoms with E-state index in [4.69, 9.17) is 9.97 Å². The molecule has 0 atom stereocenters. The van der Waals surface area contributed by atoms with Crippen LogP contribution in [0.2, 0.25) is 0 Å². The average Bonchev–Trinajstić information content (AvgIpc) is 2.78. The lowest BCUT2D eigenvalue weighted by Gasteiger charge is -2.12. The van der Waals surface area contributed by atoms with Crippen molar-refractivity contribution < 1.29 is 19.5 Å². The molecule has 0 spiro atoms. The Bertz CT molecular complexity index is 1340. The van der Waals surface area contributed by atoms with Gasteiger partial charge >= 0.3 is 5.97 Å². The van der Waals surface area contributed by atoms with E-state index in [1.807, 2.05) is 12.1 Å². The SMILES string of the molecule is CC(=O)c1ccc(-c2nc3ccc(C(=O)O)cc3nc2-c2ccc(C(C)=O)cc2)cc1. The molecule has 0 aliphatic carbocycles. The van der Waals surface area contributed by atoms with Crippen molar-refractivity contribution in [3.05, 3.63) is 83.4 Å². The van der Waals surface area contributed by atoms with Crippen molar-refractivity contribution in [1.82, 2.24) is 9.97 Å². The first-order valence-corrected chi connectivity index (χ1v) is 9.61. The van der Waals surface area contributed by atoms with Gasteiger partial charge in [0.05, 0.1) is 28.0 Å². The number of hydrogen-bond donors (Lipinski definition) is 1. The third kappa shape index (κ3) is 3.96. The van der Waals surface area contributed by atoms with Gasteiger partial charge in [-0.1, -0.05) is 48.5 Å². The number of carbonyl (C=O) groups is 3. The first-order chi connectivity index (χ1) is 14.8. The van der Waals surface area contributed by atoms with Crippen LogP contribution in [0.3, 0.4) is 0 Å². The van der Waals surface area contributed by atoms with Gasteiger partial charge in [0.25, 0.3) is 0 Å². The molecule has 0 unspecified atom stereocenters. The third-order valence-corrected chi connectivity index (χ3v) is 5.04. The summed E-state index contributed by atoms with van der Waals surface area (Å²) in [5, 5.41) is 9.31. The molecule has 0 aliphatic heterocycles. The number of carboxylic acids is 1. The lowest BCUT2D eigenvalue weighted by Crippen LogP contribution is -2.00. The van der Waals surface area contributed by atoms with Crippen LogP contribution < -0.4 is 0 Å². The molecule has 3 aromatic carbocycles. The van der Waals surface area contributed by atoms with E-state index in [0.717, 1.165) is 11.1 Å². The van der Waals surface area contributed by atoms with E-state index in [-0.39, 0.29) is 17.1 Å². The van der Waals surface area contributed by atoms with Gasteiger partial charge < -0.3 is 5.11 Å². The van der Waals surface area contributed by atoms with Crippen LogP contribution in [0.25, 0.3) is 33.5 Å². The van der Waals surface area contributed by atoms with Gasteiger partial charge in [0.2, 0.25) is 0 Å². The largest absolute Gasteiger partial charge is 0.478 e. The molecule has 4 aromatic rings. The van der Waals surface area contributed by atoms with E-state index < -0.39 is 5.97 Å². The molecule has 0 radical (unpaired) electrons. The Morgan fingerprint density at radius 2 is 1.03 bits per heavy atom. The monoisotopic (exact) mass is 410 g/mol. The summed E-state index contributed by atoms with van der Waals surface area (Å²) in [7, 11) is 0. The second-order valence-corrected chi connectivity index (χ2v) is 7.20. The molecule has 6 nitrogen and oxygen atoms in total. The lowest BCUT2D eigenvalue weighted by atomic mass is 10.00. The molecule has 31 heavy (non-hydrogen) atoms. The highest BCUT2D eigenvalue weighted by Crippen LogP contribution is 2.31. The predicted molar refractivity (Wildman–Crippen MR) is 117 cm³/mol. The van der Waals surface area contributed by atoms with E-state index in [1.165, 1.54) is 26.0 Å². The normalized spacial score (nSPS) is 10.8. The van der Waals surface area contributed by atoms with Crippen molar-refractivity contribution in [3.8, 4) is 22.5 Å². The zero-order valence-electron chi connectivity index (χ0n) is 16.9. The summed E-state index contributed by atoms with van der Waals surface area (Å²) in [6.07, 6.45) is 0. The molecule has 152 valence electrons. The highest BCUT2D eigenvalue weighted by Gasteiger charge is 2.15. The third-order valence-electron chi connectivity index (χ3n) is 5.04. The number of ketones is 2. The van der Waals surface area contributed by atoms with Crippen molar-refractivity contribution in [2.24, 2.45) is 0 Å². The molecule has 1 heterocycles. The summed E-state index contributed by atoms with van der Waals surface area (Å²) in [6, 6.07) is 18.7. The molecule has 6 heteroatoms. The number of aromatic nitrogens is 2. The zero-order valence-corrected chi connectivity index (χ0v) is 16.9. The van der Waals surface area contributed by atoms with Crippen LogP contribution in [0.5, 0.6) is 0 Å². The molecule has 0 bridgehead atoms. The molecule has 0 saturated heterocycles. The van der Waals surface area contributed by atoms with Crippen LogP contribution in [0, 0.1) is 0 Å². The van der Waals surface area contributed by atoms with Crippen LogP contribution in [-0.2, 0) is 0 Å². The van der Waals surface area contributed by atoms with E-state index >= 15 is 0 Å². The number of benzene rings is 3. The molecule has 0 amide bonds. The highest BCUT2D eigenvalue weighted by molar-refractivity contribution is 5.97. The van der Waals surface area contributed by atoms with Gasteiger partial charge in [-0.25, -0.2) is 14.8 Å². The van der Waals surface area contributed by atoms with Gasteiger partial charge in [0, 0.05) is 22.3 Å². The Morgan fingerprint density at radius 3 is 1.45 bits per heavy atom. The molecule has 4 rings (SSSR count). The standard InChI is InChI=1S/C25H18N2O4/c1-14(28)16-3-7-18(8-4-16)23-24(19-9-5-17(6-10-19)15(2)29)27-22-13-20(25(30)31)11-12-21(22)26-23/h3-13H,1-2H3,(H,30,31). The molecule has 1 N–H and O–H groups in total. The maximum Gasteiger partial charge on any atom is 0.335 e. The smallest absolute Gasteiger partial charge is 0.335 e. The molecule has 1 aromatic heterocycles. The fourth-order valence-corrected chi connectivity index (χ4v) is 3.32. The van der Waals surface area contributed by atoms with Crippen LogP contribution in [0.15, 0.2) is 66.7 Å². The van der Waals surface area contributed by atoms with Gasteiger partial charge in [0.1, 0.15) is 0 Å². The topological polar surface area (TPSA) is 97.2 Å². The minimum atomic E-state index is -1.04. The van der Waals surface area contributed by atoms with E-state index in [9.17, 15) is 19.5 Å². The molecule has 0 aliphatic rings. The molecular weight excluding hydrogens is 392 g/mol. The van der Waals surface area contributed by atoms with Gasteiger partial charge in [-0.2, -0.15) is 0 Å². The van der Waals surface area contributed by atoms with Crippen molar-refractivity contribution in [3.63, 3.8) is 0 Å². The van der Waals surface area contributed by atoms with Crippen molar-refractivity contribution in [1.29, 1.82) is 0 Å². The molecule has 0 fully saturated rings. The minimum absolute atomic E-state index is 0.0302. The number of rotatable bonds is 5. The summed E-state index contributed by atoms with van der Waals surface area (Å²) in [5.41, 5.74) is 4.97. The van der Waals surface area contributed by atoms with Crippen molar-refractivity contribution in [2.45, 2.75) is 13.8 Å². The Morgan fingerprint density at radius 1 is 0.613 bits per heavy atom. The fraction of sp³-hybridized carbons (Fsp3) is 0.0800. The van der Waals surface area contributed by atoms with Crippen LogP contribution in [-0.4, -0.2) is 32.6 Å². The van der Waals surface area contributed by atoms with Crippen molar-refractivity contribution in [2.75, 3.05) is 0 Å². The van der Waals surface area contributed by atoms with E-state index in [1.54, 1.807) is 42.5 Å². The van der Waals surface area contributed by atoms with Crippen LogP contribution in [0.1, 0.15) is 44.9 Å².